The Labute approximate surface area is 260 Å². The maximum Gasteiger partial charge on any atom is 0.135 e. The molecule has 9 rings (SSSR count). The van der Waals surface area contributed by atoms with Crippen molar-refractivity contribution in [1.29, 1.82) is 0 Å². The summed E-state index contributed by atoms with van der Waals surface area (Å²) in [6, 6.07) is 42.3. The van der Waals surface area contributed by atoms with Crippen LogP contribution in [0.5, 0.6) is 0 Å². The third-order valence-electron chi connectivity index (χ3n) is 10.9. The van der Waals surface area contributed by atoms with Crippen LogP contribution in [-0.4, -0.2) is 28.6 Å². The molecule has 0 amide bonds. The number of ether oxygens (including phenoxy) is 1. The Bertz CT molecular complexity index is 1880. The number of fused-ring (bicyclic) bond motifs is 6. The Balaban J connectivity index is 1.29. The molecule has 5 atom stereocenters. The summed E-state index contributed by atoms with van der Waals surface area (Å²) in [5, 5.41) is 6.69. The summed E-state index contributed by atoms with van der Waals surface area (Å²) in [5.74, 6) is 1.51. The van der Waals surface area contributed by atoms with E-state index in [0.29, 0.717) is 12.6 Å². The largest absolute Gasteiger partial charge is 0.363 e. The van der Waals surface area contributed by atoms with E-state index in [2.05, 4.69) is 122 Å². The summed E-state index contributed by atoms with van der Waals surface area (Å²) < 4.78 is 8.26. The minimum Gasteiger partial charge on any atom is -0.363 e. The van der Waals surface area contributed by atoms with Crippen LogP contribution >= 0.6 is 0 Å². The van der Waals surface area contributed by atoms with Gasteiger partial charge in [-0.2, -0.15) is 0 Å². The standard InChI is InChI=1S/C41H41N2O/c1-2-30-26-43(27-38-34-16-8-6-14-32(34)24-33-15-7-9-17-35(33)38)23-21-31(30)25-40(43)41(44-28-29-12-4-3-5-13-29)37-20-22-42-39-19-11-10-18-36(37)39/h3-20,22,24,30-31,40-41H,2,21,23,25-28H2,1H3/q+1/t30-,31+,40+,41-,43?/m1/s1. The molecule has 5 aromatic carbocycles. The zero-order valence-electron chi connectivity index (χ0n) is 25.6. The molecule has 220 valence electrons. The zero-order chi connectivity index (χ0) is 29.5. The molecule has 4 heterocycles. The van der Waals surface area contributed by atoms with Gasteiger partial charge in [0.2, 0.25) is 0 Å². The van der Waals surface area contributed by atoms with E-state index in [1.165, 1.54) is 76.0 Å². The third kappa shape index (κ3) is 4.80. The quantitative estimate of drug-likeness (QED) is 0.133. The van der Waals surface area contributed by atoms with Crippen molar-refractivity contribution >= 4 is 32.4 Å². The fourth-order valence-corrected chi connectivity index (χ4v) is 8.77. The smallest absolute Gasteiger partial charge is 0.135 e. The molecule has 2 bridgehead atoms. The molecule has 0 N–H and O–H groups in total. The average Bonchev–Trinajstić information content (AvgIpc) is 3.09. The van der Waals surface area contributed by atoms with Gasteiger partial charge in [-0.3, -0.25) is 4.98 Å². The lowest BCUT2D eigenvalue weighted by Gasteiger charge is -2.59. The lowest BCUT2D eigenvalue weighted by Crippen LogP contribution is -2.67. The van der Waals surface area contributed by atoms with E-state index in [9.17, 15) is 0 Å². The van der Waals surface area contributed by atoms with Crippen molar-refractivity contribution in [2.75, 3.05) is 13.1 Å². The monoisotopic (exact) mass is 577 g/mol. The maximum absolute atomic E-state index is 7.18. The minimum atomic E-state index is -0.0232. The number of aromatic nitrogens is 1. The summed E-state index contributed by atoms with van der Waals surface area (Å²) in [5.41, 5.74) is 5.06. The van der Waals surface area contributed by atoms with Crippen LogP contribution in [0.25, 0.3) is 32.4 Å². The second-order valence-corrected chi connectivity index (χ2v) is 13.2. The molecular weight excluding hydrogens is 536 g/mol. The van der Waals surface area contributed by atoms with Crippen LogP contribution in [0.4, 0.5) is 0 Å². The van der Waals surface area contributed by atoms with Crippen LogP contribution in [-0.2, 0) is 17.9 Å². The first-order valence-corrected chi connectivity index (χ1v) is 16.5. The number of hydrogen-bond donors (Lipinski definition) is 0. The number of hydrogen-bond acceptors (Lipinski definition) is 2. The van der Waals surface area contributed by atoms with Gasteiger partial charge in [-0.05, 0) is 63.2 Å². The van der Waals surface area contributed by atoms with E-state index in [1.807, 2.05) is 6.20 Å². The minimum absolute atomic E-state index is 0.0232. The molecule has 3 aliphatic rings. The first kappa shape index (κ1) is 27.5. The van der Waals surface area contributed by atoms with Gasteiger partial charge in [-0.1, -0.05) is 104 Å². The van der Waals surface area contributed by atoms with Crippen molar-refractivity contribution in [2.45, 2.75) is 51.5 Å². The van der Waals surface area contributed by atoms with Crippen LogP contribution in [0.3, 0.4) is 0 Å². The Morgan fingerprint density at radius 3 is 2.23 bits per heavy atom. The second kappa shape index (κ2) is 11.5. The molecule has 0 saturated carbocycles. The second-order valence-electron chi connectivity index (χ2n) is 13.2. The lowest BCUT2D eigenvalue weighted by atomic mass is 9.70. The molecule has 3 fully saturated rings. The van der Waals surface area contributed by atoms with Gasteiger partial charge in [-0.25, -0.2) is 0 Å². The number of piperidine rings is 3. The zero-order valence-corrected chi connectivity index (χ0v) is 25.6. The highest BCUT2D eigenvalue weighted by Crippen LogP contribution is 2.50. The normalized spacial score (nSPS) is 23.8. The first-order valence-electron chi connectivity index (χ1n) is 16.5. The molecule has 0 radical (unpaired) electrons. The summed E-state index contributed by atoms with van der Waals surface area (Å²) in [6.07, 6.45) is 5.73. The Morgan fingerprint density at radius 2 is 1.48 bits per heavy atom. The highest BCUT2D eigenvalue weighted by atomic mass is 16.5. The van der Waals surface area contributed by atoms with Gasteiger partial charge in [0, 0.05) is 35.9 Å². The molecule has 1 aromatic heterocycles. The van der Waals surface area contributed by atoms with Crippen LogP contribution in [0.15, 0.2) is 121 Å². The number of nitrogens with zero attached hydrogens (tertiary/aromatic N) is 2. The highest BCUT2D eigenvalue weighted by Gasteiger charge is 2.55. The molecule has 0 aliphatic carbocycles. The average molecular weight is 578 g/mol. The van der Waals surface area contributed by atoms with E-state index < -0.39 is 0 Å². The molecule has 1 unspecified atom stereocenters. The van der Waals surface area contributed by atoms with Gasteiger partial charge in [-0.15, -0.1) is 0 Å². The molecule has 3 saturated heterocycles. The summed E-state index contributed by atoms with van der Waals surface area (Å²) >= 11 is 0. The summed E-state index contributed by atoms with van der Waals surface area (Å²) in [4.78, 5) is 4.75. The number of para-hydroxylation sites is 1. The lowest BCUT2D eigenvalue weighted by molar-refractivity contribution is -0.985. The van der Waals surface area contributed by atoms with E-state index in [0.717, 1.165) is 28.4 Å². The topological polar surface area (TPSA) is 22.1 Å². The number of rotatable bonds is 8. The fraction of sp³-hybridized carbons (Fsp3) is 0.293. The van der Waals surface area contributed by atoms with Crippen molar-refractivity contribution in [3.05, 3.63) is 138 Å². The van der Waals surface area contributed by atoms with E-state index in [4.69, 9.17) is 9.72 Å². The van der Waals surface area contributed by atoms with Crippen LogP contribution in [0, 0.1) is 11.8 Å². The van der Waals surface area contributed by atoms with Gasteiger partial charge >= 0.3 is 0 Å². The number of benzene rings is 5. The van der Waals surface area contributed by atoms with Crippen molar-refractivity contribution in [2.24, 2.45) is 11.8 Å². The SMILES string of the molecule is CC[C@@H]1C[N+]2(Cc3c4ccccc4cc4ccccc34)CC[C@H]1C[C@H]2[C@H](OCc1ccccc1)c1ccnc2ccccc12. The molecule has 44 heavy (non-hydrogen) atoms. The molecule has 6 aromatic rings. The highest BCUT2D eigenvalue weighted by molar-refractivity contribution is 6.02. The molecule has 3 heteroatoms. The van der Waals surface area contributed by atoms with Crippen LogP contribution < -0.4 is 0 Å². The van der Waals surface area contributed by atoms with E-state index in [-0.39, 0.29) is 6.10 Å². The predicted octanol–water partition coefficient (Wildman–Crippen LogP) is 9.63. The fourth-order valence-electron chi connectivity index (χ4n) is 8.77. The number of pyridine rings is 1. The molecule has 0 spiro atoms. The van der Waals surface area contributed by atoms with Crippen molar-refractivity contribution in [1.82, 2.24) is 4.98 Å². The van der Waals surface area contributed by atoms with Gasteiger partial charge < -0.3 is 9.22 Å². The van der Waals surface area contributed by atoms with E-state index >= 15 is 0 Å². The number of quaternary nitrogens is 1. The van der Waals surface area contributed by atoms with Gasteiger partial charge in [0.1, 0.15) is 18.7 Å². The van der Waals surface area contributed by atoms with Crippen molar-refractivity contribution in [3.63, 3.8) is 0 Å². The van der Waals surface area contributed by atoms with E-state index in [1.54, 1.807) is 0 Å². The van der Waals surface area contributed by atoms with Crippen molar-refractivity contribution in [3.8, 4) is 0 Å². The predicted molar refractivity (Wildman–Crippen MR) is 181 cm³/mol. The van der Waals surface area contributed by atoms with Crippen LogP contribution in [0.1, 0.15) is 49.0 Å². The van der Waals surface area contributed by atoms with Crippen LogP contribution in [0.2, 0.25) is 0 Å². The summed E-state index contributed by atoms with van der Waals surface area (Å²) in [6.45, 7) is 6.47. The molecular formula is C41H41N2O+. The van der Waals surface area contributed by atoms with Gasteiger partial charge in [0.15, 0.2) is 0 Å². The van der Waals surface area contributed by atoms with Gasteiger partial charge in [0.25, 0.3) is 0 Å². The molecule has 3 nitrogen and oxygen atoms in total. The Morgan fingerprint density at radius 1 is 0.795 bits per heavy atom. The maximum atomic E-state index is 7.18. The third-order valence-corrected chi connectivity index (χ3v) is 10.9. The molecule has 3 aliphatic heterocycles. The Hall–Kier alpha value is -4.05. The first-order chi connectivity index (χ1) is 21.7. The Kier molecular flexibility index (Phi) is 7.16. The summed E-state index contributed by atoms with van der Waals surface area (Å²) in [7, 11) is 0. The van der Waals surface area contributed by atoms with Gasteiger partial charge in [0.05, 0.1) is 25.2 Å². The van der Waals surface area contributed by atoms with Crippen molar-refractivity contribution < 1.29 is 9.22 Å².